The Morgan fingerprint density at radius 3 is 2.47 bits per heavy atom. The Bertz CT molecular complexity index is 810. The summed E-state index contributed by atoms with van der Waals surface area (Å²) in [6.07, 6.45) is 3.48. The van der Waals surface area contributed by atoms with E-state index in [1.54, 1.807) is 6.33 Å². The number of para-hydroxylation sites is 2. The highest BCUT2D eigenvalue weighted by Gasteiger charge is 2.11. The molecule has 2 heterocycles. The average Bonchev–Trinajstić information content (AvgIpc) is 2.83. The van der Waals surface area contributed by atoms with Gasteiger partial charge < -0.3 is 0 Å². The van der Waals surface area contributed by atoms with E-state index in [0.717, 1.165) is 22.2 Å². The Labute approximate surface area is 110 Å². The van der Waals surface area contributed by atoms with E-state index >= 15 is 0 Å². The predicted molar refractivity (Wildman–Crippen MR) is 76.4 cm³/mol. The molecule has 0 atom stereocenters. The van der Waals surface area contributed by atoms with Crippen molar-refractivity contribution in [3.8, 4) is 5.69 Å². The molecular weight excluding hydrogens is 234 g/mol. The van der Waals surface area contributed by atoms with Crippen molar-refractivity contribution < 1.29 is 0 Å². The van der Waals surface area contributed by atoms with Crippen molar-refractivity contribution >= 4 is 21.9 Å². The van der Waals surface area contributed by atoms with Gasteiger partial charge in [-0.3, -0.25) is 4.57 Å². The number of nitrogens with zero attached hydrogens (tertiary/aromatic N) is 3. The fourth-order valence-electron chi connectivity index (χ4n) is 2.54. The summed E-state index contributed by atoms with van der Waals surface area (Å²) in [7, 11) is 0. The first-order chi connectivity index (χ1) is 9.45. The second kappa shape index (κ2) is 3.92. The molecule has 0 unspecified atom stereocenters. The summed E-state index contributed by atoms with van der Waals surface area (Å²) in [4.78, 5) is 8.59. The van der Waals surface area contributed by atoms with Crippen LogP contribution in [0.2, 0.25) is 0 Å². The van der Waals surface area contributed by atoms with Crippen LogP contribution >= 0.6 is 0 Å². The molecule has 0 radical (unpaired) electrons. The molecule has 0 fully saturated rings. The van der Waals surface area contributed by atoms with Crippen LogP contribution in [-0.2, 0) is 0 Å². The van der Waals surface area contributed by atoms with Crippen molar-refractivity contribution in [3.63, 3.8) is 0 Å². The lowest BCUT2D eigenvalue weighted by atomic mass is 10.2. The van der Waals surface area contributed by atoms with Crippen LogP contribution < -0.4 is 0 Å². The third-order valence-electron chi connectivity index (χ3n) is 3.35. The minimum absolute atomic E-state index is 0.947. The summed E-state index contributed by atoms with van der Waals surface area (Å²) < 4.78 is 2.17. The average molecular weight is 245 g/mol. The summed E-state index contributed by atoms with van der Waals surface area (Å²) in [6.45, 7) is 0. The zero-order valence-corrected chi connectivity index (χ0v) is 10.2. The number of aromatic nitrogens is 3. The molecule has 4 rings (SSSR count). The van der Waals surface area contributed by atoms with E-state index in [0.29, 0.717) is 0 Å². The van der Waals surface area contributed by atoms with Gasteiger partial charge in [0, 0.05) is 22.7 Å². The Morgan fingerprint density at radius 1 is 0.789 bits per heavy atom. The molecule has 90 valence electrons. The standard InChI is InChI=1S/C16H11N3/c1-2-6-12(7-3-1)19-15-9-5-4-8-13(15)14-10-17-11-18-16(14)19/h1-11H. The number of benzene rings is 2. The number of hydrogen-bond donors (Lipinski definition) is 0. The van der Waals surface area contributed by atoms with E-state index in [2.05, 4.69) is 38.8 Å². The molecule has 0 aliphatic heterocycles. The van der Waals surface area contributed by atoms with E-state index < -0.39 is 0 Å². The highest BCUT2D eigenvalue weighted by molar-refractivity contribution is 6.07. The van der Waals surface area contributed by atoms with Crippen LogP contribution in [0.4, 0.5) is 0 Å². The zero-order valence-electron chi connectivity index (χ0n) is 10.2. The van der Waals surface area contributed by atoms with Crippen LogP contribution in [-0.4, -0.2) is 14.5 Å². The third-order valence-corrected chi connectivity index (χ3v) is 3.35. The molecule has 0 amide bonds. The normalized spacial score (nSPS) is 11.2. The zero-order chi connectivity index (χ0) is 12.7. The molecular formula is C16H11N3. The van der Waals surface area contributed by atoms with Gasteiger partial charge >= 0.3 is 0 Å². The molecule has 0 N–H and O–H groups in total. The Kier molecular flexibility index (Phi) is 2.12. The van der Waals surface area contributed by atoms with Gasteiger partial charge in [-0.25, -0.2) is 9.97 Å². The fraction of sp³-hybridized carbons (Fsp3) is 0. The van der Waals surface area contributed by atoms with Crippen molar-refractivity contribution in [2.75, 3.05) is 0 Å². The molecule has 0 saturated heterocycles. The number of hydrogen-bond acceptors (Lipinski definition) is 2. The third kappa shape index (κ3) is 1.45. The van der Waals surface area contributed by atoms with Gasteiger partial charge in [-0.15, -0.1) is 0 Å². The number of fused-ring (bicyclic) bond motifs is 3. The van der Waals surface area contributed by atoms with Gasteiger partial charge in [-0.2, -0.15) is 0 Å². The van der Waals surface area contributed by atoms with Crippen molar-refractivity contribution in [1.29, 1.82) is 0 Å². The summed E-state index contributed by atoms with van der Waals surface area (Å²) in [5.41, 5.74) is 3.22. The van der Waals surface area contributed by atoms with Gasteiger partial charge in [0.25, 0.3) is 0 Å². The maximum absolute atomic E-state index is 4.45. The van der Waals surface area contributed by atoms with E-state index in [1.807, 2.05) is 36.5 Å². The fourth-order valence-corrected chi connectivity index (χ4v) is 2.54. The maximum Gasteiger partial charge on any atom is 0.148 e. The van der Waals surface area contributed by atoms with Crippen LogP contribution in [0.1, 0.15) is 0 Å². The summed E-state index contributed by atoms with van der Waals surface area (Å²) in [5.74, 6) is 0. The summed E-state index contributed by atoms with van der Waals surface area (Å²) in [6, 6.07) is 18.6. The van der Waals surface area contributed by atoms with Crippen molar-refractivity contribution in [3.05, 3.63) is 67.1 Å². The molecule has 4 aromatic rings. The van der Waals surface area contributed by atoms with Gasteiger partial charge in [-0.1, -0.05) is 36.4 Å². The molecule has 0 aliphatic rings. The van der Waals surface area contributed by atoms with Crippen molar-refractivity contribution in [2.45, 2.75) is 0 Å². The highest BCUT2D eigenvalue weighted by atomic mass is 15.1. The van der Waals surface area contributed by atoms with Gasteiger partial charge in [-0.05, 0) is 18.2 Å². The highest BCUT2D eigenvalue weighted by Crippen LogP contribution is 2.29. The molecule has 0 aliphatic carbocycles. The van der Waals surface area contributed by atoms with Crippen LogP contribution in [0.3, 0.4) is 0 Å². The summed E-state index contributed by atoms with van der Waals surface area (Å²) >= 11 is 0. The molecule has 3 nitrogen and oxygen atoms in total. The minimum atomic E-state index is 0.947. The molecule has 3 heteroatoms. The lowest BCUT2D eigenvalue weighted by Crippen LogP contribution is -1.94. The van der Waals surface area contributed by atoms with E-state index in [9.17, 15) is 0 Å². The van der Waals surface area contributed by atoms with Crippen LogP contribution in [0, 0.1) is 0 Å². The molecule has 19 heavy (non-hydrogen) atoms. The predicted octanol–water partition coefficient (Wildman–Crippen LogP) is 3.57. The first-order valence-corrected chi connectivity index (χ1v) is 6.20. The minimum Gasteiger partial charge on any atom is -0.294 e. The molecule has 2 aromatic carbocycles. The molecule has 2 aromatic heterocycles. The lowest BCUT2D eigenvalue weighted by Gasteiger charge is -2.05. The van der Waals surface area contributed by atoms with Gasteiger partial charge in [0.05, 0.1) is 5.52 Å². The van der Waals surface area contributed by atoms with E-state index in [4.69, 9.17) is 0 Å². The van der Waals surface area contributed by atoms with Crippen LogP contribution in [0.25, 0.3) is 27.6 Å². The van der Waals surface area contributed by atoms with Gasteiger partial charge in [0.1, 0.15) is 12.0 Å². The monoisotopic (exact) mass is 245 g/mol. The van der Waals surface area contributed by atoms with Crippen LogP contribution in [0.15, 0.2) is 67.1 Å². The van der Waals surface area contributed by atoms with Crippen molar-refractivity contribution in [1.82, 2.24) is 14.5 Å². The van der Waals surface area contributed by atoms with Gasteiger partial charge in [0.2, 0.25) is 0 Å². The van der Waals surface area contributed by atoms with Gasteiger partial charge in [0.15, 0.2) is 0 Å². The SMILES string of the molecule is c1ccc(-n2c3ccccc3c3cncnc32)cc1. The smallest absolute Gasteiger partial charge is 0.148 e. The van der Waals surface area contributed by atoms with E-state index in [1.165, 1.54) is 5.39 Å². The maximum atomic E-state index is 4.45. The summed E-state index contributed by atoms with van der Waals surface area (Å²) in [5, 5.41) is 2.27. The second-order valence-corrected chi connectivity index (χ2v) is 4.45. The molecule has 0 spiro atoms. The van der Waals surface area contributed by atoms with E-state index in [-0.39, 0.29) is 0 Å². The topological polar surface area (TPSA) is 30.7 Å². The van der Waals surface area contributed by atoms with Crippen LogP contribution in [0.5, 0.6) is 0 Å². The van der Waals surface area contributed by atoms with Crippen molar-refractivity contribution in [2.24, 2.45) is 0 Å². The lowest BCUT2D eigenvalue weighted by molar-refractivity contribution is 1.11. The second-order valence-electron chi connectivity index (χ2n) is 4.45. The molecule has 0 bridgehead atoms. The first kappa shape index (κ1) is 10.3. The first-order valence-electron chi connectivity index (χ1n) is 6.20. The Hall–Kier alpha value is -2.68. The Balaban J connectivity index is 2.24. The largest absolute Gasteiger partial charge is 0.294 e. The molecule has 0 saturated carbocycles. The quantitative estimate of drug-likeness (QED) is 0.513. The number of rotatable bonds is 1. The Morgan fingerprint density at radius 2 is 1.58 bits per heavy atom.